The van der Waals surface area contributed by atoms with E-state index in [1.165, 1.54) is 31.1 Å². The summed E-state index contributed by atoms with van der Waals surface area (Å²) in [5.41, 5.74) is 5.23. The van der Waals surface area contributed by atoms with E-state index in [0.29, 0.717) is 74.9 Å². The number of halogens is 1. The van der Waals surface area contributed by atoms with Crippen LogP contribution in [0.1, 0.15) is 173 Å². The van der Waals surface area contributed by atoms with Gasteiger partial charge in [0.1, 0.15) is 55.0 Å². The third kappa shape index (κ3) is 49.9. The van der Waals surface area contributed by atoms with Gasteiger partial charge in [0.05, 0.1) is 117 Å². The van der Waals surface area contributed by atoms with Crippen molar-refractivity contribution in [3.8, 4) is 22.5 Å². The number of aryl methyl sites for hydroxylation is 2. The zero-order valence-electron chi connectivity index (χ0n) is 82.0. The fraction of sp³-hybridized carbons (Fsp3) is 0.561. The molecule has 146 heavy (non-hydrogen) atoms. The predicted octanol–water partition coefficient (Wildman–Crippen LogP) is 6.32. The van der Waals surface area contributed by atoms with Gasteiger partial charge in [-0.1, -0.05) is 73.7 Å². The van der Waals surface area contributed by atoms with Crippen LogP contribution >= 0.6 is 30.2 Å². The van der Waals surface area contributed by atoms with E-state index in [1.807, 2.05) is 72.8 Å². The zero-order valence-corrected chi connectivity index (χ0v) is 85.1. The molecule has 4 aromatic rings. The standard InChI is InChI=1S/C97H136IN14O32P.CH4/c1-137-88(123)64-108-46-44-107(45-47-109(65-89(124)138-2)49-51-110(50-48-108)66-90(125)139-3)63-85(119)101-42-16-43-112-92-75-21-7-6-18-70(75)62-111(80-25-9-8-22-76(80)91(92)105-106-112)86(120)37-33-73(113)20-14-52-140-55-57-142-59-60-143-58-56-141-54-39-84(118)102-77(93(126)104-79(97(133)134)23-10-12-41-99-81(115)26-13-17-68-27-31-72(98)32-28-68)34-36-82(116)100-40-11-4-5-19-74(114)61-69(94(127)128)29-35-83(117)103-78(96(131)132)24-15-53-144-145(135,136)67-71(95(129)130)30-38-87(121)122;/h6-9,18,21-22,25,27-28,31-32,44,46,48-51,69,71,77-79H,4-5,10-17,19-20,23-24,26,29-30,33-43,45,47,52-67H2,1-3H3,(H,99,115)(H,100,116)(H,101,119)(H,102,118)(H,103,117)(H,104,126)(H,121,122)(H,127,128)(H,129,130)(H,131,132)(H,133,134)(H,135,136);1H4/b46-44?,50-48-,51-49-;/t69-,71?,77?,78+,79?;/m1./s1. The molecule has 2 aliphatic heterocycles. The number of nitrogens with one attached hydrogen (secondary N) is 6. The first-order chi connectivity index (χ1) is 69.5. The summed E-state index contributed by atoms with van der Waals surface area (Å²) >= 11 is 2.22. The van der Waals surface area contributed by atoms with Gasteiger partial charge >= 0.3 is 55.4 Å². The number of hydrogen-bond donors (Lipinski definition) is 12. The maximum Gasteiger partial charge on any atom is 0.328 e. The fourth-order valence-corrected chi connectivity index (χ4v) is 16.7. The average Bonchev–Trinajstić information content (AvgIpc) is 1.70. The van der Waals surface area contributed by atoms with E-state index in [-0.39, 0.29) is 226 Å². The molecule has 6 rings (SSSR count). The predicted molar refractivity (Wildman–Crippen MR) is 536 cm³/mol. The number of carbonyl (C=O) groups is 17. The summed E-state index contributed by atoms with van der Waals surface area (Å²) in [7, 11) is -0.775. The number of esters is 3. The van der Waals surface area contributed by atoms with E-state index in [1.54, 1.807) is 56.6 Å². The first-order valence-electron chi connectivity index (χ1n) is 48.1. The third-order valence-corrected chi connectivity index (χ3v) is 25.2. The van der Waals surface area contributed by atoms with Gasteiger partial charge < -0.3 is 125 Å². The Labute approximate surface area is 861 Å². The number of carboxylic acids is 5. The number of fused-ring (bicyclic) bond motifs is 5. The highest BCUT2D eigenvalue weighted by Crippen LogP contribution is 2.45. The van der Waals surface area contributed by atoms with Gasteiger partial charge in [-0.15, -0.1) is 5.10 Å². The Bertz CT molecular complexity index is 5040. The van der Waals surface area contributed by atoms with Gasteiger partial charge in [0, 0.05) is 162 Å². The molecule has 3 aromatic carbocycles. The number of rotatable bonds is 72. The number of amides is 7. The molecule has 46 nitrogen and oxygen atoms in total. The minimum atomic E-state index is -4.56. The minimum Gasteiger partial charge on any atom is -0.481 e. The largest absolute Gasteiger partial charge is 0.481 e. The summed E-state index contributed by atoms with van der Waals surface area (Å²) in [4.78, 5) is 234. The minimum absolute atomic E-state index is 0. The molecular formula is C98H140IN14O32P. The summed E-state index contributed by atoms with van der Waals surface area (Å²) in [5.74, 6) is -15.6. The van der Waals surface area contributed by atoms with Gasteiger partial charge in [0.25, 0.3) is 0 Å². The van der Waals surface area contributed by atoms with E-state index >= 15 is 0 Å². The van der Waals surface area contributed by atoms with Crippen LogP contribution in [0.2, 0.25) is 0 Å². The molecule has 48 heteroatoms. The second-order valence-corrected chi connectivity index (χ2v) is 37.3. The van der Waals surface area contributed by atoms with Crippen molar-refractivity contribution < 1.29 is 154 Å². The molecule has 1 aromatic heterocycles. The van der Waals surface area contributed by atoms with Crippen LogP contribution < -0.4 is 36.8 Å². The molecule has 3 heterocycles. The van der Waals surface area contributed by atoms with Gasteiger partial charge in [0.2, 0.25) is 41.4 Å². The van der Waals surface area contributed by atoms with Crippen LogP contribution in [0.25, 0.3) is 22.5 Å². The molecule has 806 valence electrons. The van der Waals surface area contributed by atoms with E-state index in [0.717, 1.165) is 32.4 Å². The molecule has 0 bridgehead atoms. The fourth-order valence-electron chi connectivity index (χ4n) is 15.0. The lowest BCUT2D eigenvalue weighted by Gasteiger charge is -2.28. The molecule has 0 fully saturated rings. The number of ketones is 2. The van der Waals surface area contributed by atoms with Crippen molar-refractivity contribution in [1.29, 1.82) is 0 Å². The molecule has 4 unspecified atom stereocenters. The van der Waals surface area contributed by atoms with Crippen LogP contribution in [-0.2, 0) is 143 Å². The van der Waals surface area contributed by atoms with E-state index < -0.39 is 153 Å². The highest BCUT2D eigenvalue weighted by atomic mass is 127. The Morgan fingerprint density at radius 2 is 0.966 bits per heavy atom. The third-order valence-electron chi connectivity index (χ3n) is 23.0. The highest BCUT2D eigenvalue weighted by molar-refractivity contribution is 14.1. The Hall–Kier alpha value is -12.7. The van der Waals surface area contributed by atoms with Crippen LogP contribution in [-0.4, -0.2) is 330 Å². The lowest BCUT2D eigenvalue weighted by Crippen LogP contribution is -2.52. The van der Waals surface area contributed by atoms with Crippen molar-refractivity contribution in [1.82, 2.24) is 66.5 Å². The van der Waals surface area contributed by atoms with Crippen molar-refractivity contribution in [2.45, 2.75) is 199 Å². The maximum atomic E-state index is 14.3. The molecule has 0 radical (unpaired) electrons. The van der Waals surface area contributed by atoms with E-state index in [2.05, 4.69) is 64.8 Å². The summed E-state index contributed by atoms with van der Waals surface area (Å²) in [6, 6.07) is 18.7. The molecule has 6 atom stereocenters. The Balaban J connectivity index is 0.0000375. The number of benzene rings is 3. The van der Waals surface area contributed by atoms with Crippen molar-refractivity contribution in [3.05, 3.63) is 125 Å². The van der Waals surface area contributed by atoms with Crippen molar-refractivity contribution >= 4 is 137 Å². The van der Waals surface area contributed by atoms with Gasteiger partial charge in [-0.25, -0.2) is 14.3 Å². The number of nitrogens with zero attached hydrogens (tertiary/aromatic N) is 8. The molecule has 0 saturated carbocycles. The van der Waals surface area contributed by atoms with E-state index in [9.17, 15) is 111 Å². The summed E-state index contributed by atoms with van der Waals surface area (Å²) in [5, 5.41) is 72.9. The number of aliphatic carboxylic acids is 5. The maximum absolute atomic E-state index is 14.3. The highest BCUT2D eigenvalue weighted by Gasteiger charge is 2.35. The number of hydrogen-bond acceptors (Lipinski definition) is 32. The van der Waals surface area contributed by atoms with Gasteiger partial charge in [-0.05, 0) is 142 Å². The van der Waals surface area contributed by atoms with Gasteiger partial charge in [-0.2, -0.15) is 0 Å². The van der Waals surface area contributed by atoms with Crippen molar-refractivity contribution in [2.24, 2.45) is 11.8 Å². The monoisotopic (exact) mass is 2180 g/mol. The molecule has 0 aliphatic carbocycles. The summed E-state index contributed by atoms with van der Waals surface area (Å²) in [6.07, 6.45) is 9.32. The number of methoxy groups -OCH3 is 3. The lowest BCUT2D eigenvalue weighted by atomic mass is 9.94. The molecule has 0 spiro atoms. The molecule has 7 amide bonds. The van der Waals surface area contributed by atoms with Gasteiger partial charge in [0.15, 0.2) is 0 Å². The Morgan fingerprint density at radius 1 is 0.445 bits per heavy atom. The number of Topliss-reactive ketones (excluding diaryl/α,β-unsaturated/α-hetero) is 2. The second kappa shape index (κ2) is 69.4. The SMILES string of the molecule is C.COC(=O)CN1C=CN(CC(=O)NCCCn2nnc3c2-c2ccccc2CN(C(=O)CCC(=O)CCCOCCOCCOCCOCCC(=O)NC(CCC(=O)NCCCCCC(=O)C[C@@H](CCC(=O)N[C@@H](CCCOP(=O)(O)CC(CCC(=O)O)C(=O)O)C(=O)O)C(=O)O)C(=O)NC(CCCCNC(=O)CCCc2ccc(I)cc2)C(=O)O)c2ccccc2-3)CCN(CC(=O)OC)/C=C\N(CC(=O)OC)/C=C\1. The van der Waals surface area contributed by atoms with E-state index in [4.69, 9.17) is 42.8 Å². The second-order valence-electron chi connectivity index (χ2n) is 34.2. The molecule has 12 N–H and O–H groups in total. The molecular weight excluding hydrogens is 2040 g/mol. The normalized spacial score (nSPS) is 14.2. The zero-order chi connectivity index (χ0) is 106. The topological polar surface area (TPSA) is 622 Å². The van der Waals surface area contributed by atoms with Crippen LogP contribution in [0, 0.1) is 15.4 Å². The quantitative estimate of drug-likeness (QED) is 0.00755. The van der Waals surface area contributed by atoms with Crippen LogP contribution in [0.5, 0.6) is 0 Å². The number of carboxylic acid groups (broad SMARTS) is 5. The average molecular weight is 2180 g/mol. The van der Waals surface area contributed by atoms with Gasteiger partial charge in [-0.3, -0.25) is 76.5 Å². The summed E-state index contributed by atoms with van der Waals surface area (Å²) in [6.45, 7) is 1.75. The van der Waals surface area contributed by atoms with Crippen LogP contribution in [0.3, 0.4) is 0 Å². The lowest BCUT2D eigenvalue weighted by molar-refractivity contribution is -0.145. The number of aromatic nitrogens is 3. The Morgan fingerprint density at radius 3 is 1.59 bits per heavy atom. The number of anilines is 1. The first kappa shape index (κ1) is 124. The number of para-hydroxylation sites is 1. The number of ether oxygens (including phenoxy) is 7. The number of unbranched alkanes of at least 4 members (excludes halogenated alkanes) is 3. The first-order valence-corrected chi connectivity index (χ1v) is 50.9. The number of carbonyl (C=O) groups excluding carboxylic acids is 12. The summed E-state index contributed by atoms with van der Waals surface area (Å²) < 4.78 is 57.5. The van der Waals surface area contributed by atoms with Crippen molar-refractivity contribution in [2.75, 3.05) is 151 Å². The molecule has 2 aliphatic rings. The van der Waals surface area contributed by atoms with Crippen LogP contribution in [0.4, 0.5) is 5.69 Å². The van der Waals surface area contributed by atoms with Crippen molar-refractivity contribution in [3.63, 3.8) is 0 Å². The van der Waals surface area contributed by atoms with Crippen LogP contribution in [0.15, 0.2) is 110 Å². The Kier molecular flexibility index (Phi) is 58.9. The molecule has 0 saturated heterocycles. The smallest absolute Gasteiger partial charge is 0.328 e.